The largest absolute Gasteiger partial charge is 0.481 e. The molecular formula is C28H40N6O6. The minimum Gasteiger partial charge on any atom is -0.481 e. The van der Waals surface area contributed by atoms with Gasteiger partial charge < -0.3 is 14.9 Å². The number of carboxylic acids is 1. The maximum atomic E-state index is 13.6. The molecule has 218 valence electrons. The Morgan fingerprint density at radius 2 is 0.950 bits per heavy atom. The van der Waals surface area contributed by atoms with Gasteiger partial charge in [-0.3, -0.25) is 43.6 Å². The molecule has 0 spiro atoms. The molecule has 0 aromatic carbocycles. The predicted molar refractivity (Wildman–Crippen MR) is 142 cm³/mol. The molecule has 0 aromatic heterocycles. The number of rotatable bonds is 4. The van der Waals surface area contributed by atoms with Crippen LogP contribution in [0, 0.1) is 47.3 Å². The summed E-state index contributed by atoms with van der Waals surface area (Å²) < 4.78 is 0. The number of carbonyl (C=O) groups is 5. The molecular weight excluding hydrogens is 516 g/mol. The van der Waals surface area contributed by atoms with Crippen molar-refractivity contribution in [3.8, 4) is 0 Å². The van der Waals surface area contributed by atoms with Crippen LogP contribution in [0.15, 0.2) is 12.2 Å². The Morgan fingerprint density at radius 3 is 1.27 bits per heavy atom. The van der Waals surface area contributed by atoms with Gasteiger partial charge in [-0.2, -0.15) is 0 Å². The van der Waals surface area contributed by atoms with Crippen molar-refractivity contribution in [1.29, 1.82) is 0 Å². The number of imide groups is 2. The summed E-state index contributed by atoms with van der Waals surface area (Å²) in [6.07, 6.45) is 4.18. The molecule has 1 N–H and O–H groups in total. The maximum Gasteiger partial charge on any atom is 0.300 e. The molecule has 2 bridgehead atoms. The van der Waals surface area contributed by atoms with Crippen molar-refractivity contribution in [3.63, 3.8) is 0 Å². The number of carbonyl (C=O) groups excluding carboxylic acids is 4. The molecule has 0 aromatic rings. The normalized spacial score (nSPS) is 39.6. The number of likely N-dealkylation sites (N-methyl/N-ethyl adjacent to an activating group) is 2. The molecule has 8 rings (SSSR count). The molecule has 40 heavy (non-hydrogen) atoms. The average Bonchev–Trinajstić information content (AvgIpc) is 3.26. The molecule has 4 aliphatic carbocycles. The molecule has 12 heteroatoms. The van der Waals surface area contributed by atoms with Crippen LogP contribution in [-0.2, 0) is 24.0 Å². The van der Waals surface area contributed by atoms with Gasteiger partial charge in [-0.05, 0) is 37.8 Å². The summed E-state index contributed by atoms with van der Waals surface area (Å²) in [5, 5.41) is 7.42. The van der Waals surface area contributed by atoms with E-state index in [1.54, 1.807) is 0 Å². The molecule has 2 saturated carbocycles. The van der Waals surface area contributed by atoms with Gasteiger partial charge in [0.25, 0.3) is 5.97 Å². The second kappa shape index (κ2) is 10.3. The second-order valence-electron chi connectivity index (χ2n) is 12.7. The van der Waals surface area contributed by atoms with Gasteiger partial charge in [-0.1, -0.05) is 12.2 Å². The standard InChI is InChI=1S/C26H36N6O4.C2H4O2/c1-27-5-9-29(10-6-27)13-31-23(33)19-15-3-4-16(20(19)24(31)34)18-17(15)21-22(18)26(36)32(25(21)35)14-30-11-7-28(2)8-12-30;1-2(3)4/h3-4,15-22H,5-14H2,1-2H3;1H3,(H,3,4). The first-order valence-electron chi connectivity index (χ1n) is 14.5. The zero-order chi connectivity index (χ0) is 28.5. The van der Waals surface area contributed by atoms with Crippen LogP contribution in [0.4, 0.5) is 0 Å². The third-order valence-corrected chi connectivity index (χ3v) is 10.4. The fraction of sp³-hybridized carbons (Fsp3) is 0.750. The molecule has 8 unspecified atom stereocenters. The average molecular weight is 557 g/mol. The van der Waals surface area contributed by atoms with Crippen LogP contribution in [0.1, 0.15) is 6.92 Å². The number of nitrogens with zero attached hydrogens (tertiary/aromatic N) is 6. The maximum absolute atomic E-state index is 13.6. The van der Waals surface area contributed by atoms with Gasteiger partial charge >= 0.3 is 0 Å². The van der Waals surface area contributed by atoms with Crippen LogP contribution in [-0.4, -0.2) is 144 Å². The molecule has 8 atom stereocenters. The number of piperazine rings is 2. The van der Waals surface area contributed by atoms with Crippen LogP contribution in [0.5, 0.6) is 0 Å². The van der Waals surface area contributed by atoms with E-state index in [-0.39, 0.29) is 71.0 Å². The lowest BCUT2D eigenvalue weighted by atomic mass is 9.40. The number of hydrogen-bond acceptors (Lipinski definition) is 9. The number of fused-ring (bicyclic) bond motifs is 1. The number of likely N-dealkylation sites (tertiary alicyclic amines) is 2. The summed E-state index contributed by atoms with van der Waals surface area (Å²) in [6.45, 7) is 8.90. The van der Waals surface area contributed by atoms with Crippen LogP contribution in [0.3, 0.4) is 0 Å². The summed E-state index contributed by atoms with van der Waals surface area (Å²) >= 11 is 0. The number of hydrogen-bond donors (Lipinski definition) is 1. The van der Waals surface area contributed by atoms with Gasteiger partial charge in [0.05, 0.1) is 37.0 Å². The van der Waals surface area contributed by atoms with Crippen molar-refractivity contribution in [2.45, 2.75) is 6.92 Å². The van der Waals surface area contributed by atoms with Crippen molar-refractivity contribution < 1.29 is 29.1 Å². The Kier molecular flexibility index (Phi) is 7.09. The number of amides is 4. The number of allylic oxidation sites excluding steroid dienone is 2. The monoisotopic (exact) mass is 556 g/mol. The highest BCUT2D eigenvalue weighted by Crippen LogP contribution is 2.68. The van der Waals surface area contributed by atoms with E-state index in [0.717, 1.165) is 59.3 Å². The van der Waals surface area contributed by atoms with Gasteiger partial charge in [0, 0.05) is 59.3 Å². The van der Waals surface area contributed by atoms with E-state index in [9.17, 15) is 19.2 Å². The highest BCUT2D eigenvalue weighted by molar-refractivity contribution is 6.09. The van der Waals surface area contributed by atoms with Crippen LogP contribution in [0.25, 0.3) is 0 Å². The van der Waals surface area contributed by atoms with Gasteiger partial charge in [-0.25, -0.2) is 0 Å². The van der Waals surface area contributed by atoms with Crippen molar-refractivity contribution >= 4 is 29.6 Å². The van der Waals surface area contributed by atoms with E-state index >= 15 is 0 Å². The van der Waals surface area contributed by atoms with Gasteiger partial charge in [0.1, 0.15) is 0 Å². The van der Waals surface area contributed by atoms with E-state index in [1.165, 1.54) is 9.80 Å². The first-order chi connectivity index (χ1) is 19.1. The number of carboxylic acid groups (broad SMARTS) is 1. The van der Waals surface area contributed by atoms with Gasteiger partial charge in [0.2, 0.25) is 23.6 Å². The van der Waals surface area contributed by atoms with E-state index in [0.29, 0.717) is 13.3 Å². The summed E-state index contributed by atoms with van der Waals surface area (Å²) in [5.41, 5.74) is 0. The zero-order valence-electron chi connectivity index (χ0n) is 23.5. The number of aliphatic carboxylic acids is 1. The van der Waals surface area contributed by atoms with Gasteiger partial charge in [0.15, 0.2) is 0 Å². The molecule has 4 amide bonds. The fourth-order valence-corrected chi connectivity index (χ4v) is 8.38. The third-order valence-electron chi connectivity index (χ3n) is 10.4. The minimum atomic E-state index is -0.833. The van der Waals surface area contributed by atoms with Crippen LogP contribution < -0.4 is 0 Å². The van der Waals surface area contributed by atoms with E-state index in [4.69, 9.17) is 9.90 Å². The Balaban J connectivity index is 0.000000680. The lowest BCUT2D eigenvalue weighted by Gasteiger charge is -2.60. The topological polar surface area (TPSA) is 125 Å². The van der Waals surface area contributed by atoms with Crippen molar-refractivity contribution in [1.82, 2.24) is 29.4 Å². The molecule has 12 nitrogen and oxygen atoms in total. The molecule has 8 aliphatic rings. The van der Waals surface area contributed by atoms with E-state index in [2.05, 4.69) is 45.8 Å². The quantitative estimate of drug-likeness (QED) is 0.332. The molecule has 6 fully saturated rings. The van der Waals surface area contributed by atoms with Crippen LogP contribution in [0.2, 0.25) is 0 Å². The van der Waals surface area contributed by atoms with E-state index < -0.39 is 5.97 Å². The first kappa shape index (κ1) is 27.5. The highest BCUT2D eigenvalue weighted by atomic mass is 16.4. The lowest BCUT2D eigenvalue weighted by Crippen LogP contribution is -2.63. The SMILES string of the molecule is CC(=O)O.CN1CCN(CN2C(=O)C3C4C=CC(C3C2=O)C2C3C(=O)N(CN5CCN(C)CC5)C(=O)C3C42)CC1. The first-order valence-corrected chi connectivity index (χ1v) is 14.5. The smallest absolute Gasteiger partial charge is 0.300 e. The third kappa shape index (κ3) is 4.31. The van der Waals surface area contributed by atoms with Crippen molar-refractivity contribution in [2.24, 2.45) is 47.3 Å². The Morgan fingerprint density at radius 1 is 0.650 bits per heavy atom. The Labute approximate surface area is 234 Å². The molecule has 4 aliphatic heterocycles. The Hall–Kier alpha value is -2.67. The summed E-state index contributed by atoms with van der Waals surface area (Å²) in [5.74, 6) is -2.77. The zero-order valence-corrected chi connectivity index (χ0v) is 23.5. The van der Waals surface area contributed by atoms with Gasteiger partial charge in [-0.15, -0.1) is 0 Å². The minimum absolute atomic E-state index is 0.000487. The van der Waals surface area contributed by atoms with Crippen molar-refractivity contribution in [3.05, 3.63) is 12.2 Å². The summed E-state index contributed by atoms with van der Waals surface area (Å²) in [6, 6.07) is 0. The van der Waals surface area contributed by atoms with Crippen LogP contribution >= 0.6 is 0 Å². The predicted octanol–water partition coefficient (Wildman–Crippen LogP) is -1.25. The Bertz CT molecular complexity index is 1070. The summed E-state index contributed by atoms with van der Waals surface area (Å²) in [7, 11) is 4.17. The van der Waals surface area contributed by atoms with Crippen molar-refractivity contribution in [2.75, 3.05) is 79.8 Å². The van der Waals surface area contributed by atoms with E-state index in [1.807, 2.05) is 0 Å². The lowest BCUT2D eigenvalue weighted by molar-refractivity contribution is -0.166. The summed E-state index contributed by atoms with van der Waals surface area (Å²) in [4.78, 5) is 75.1. The molecule has 4 heterocycles. The second-order valence-corrected chi connectivity index (χ2v) is 12.7. The molecule has 4 saturated heterocycles. The fourth-order valence-electron chi connectivity index (χ4n) is 8.38. The highest BCUT2D eigenvalue weighted by Gasteiger charge is 2.75. The molecule has 0 radical (unpaired) electrons.